The molecule has 0 bridgehead atoms. The van der Waals surface area contributed by atoms with Crippen molar-refractivity contribution in [3.8, 4) is 0 Å². The lowest BCUT2D eigenvalue weighted by atomic mass is 10.2. The van der Waals surface area contributed by atoms with Crippen LogP contribution in [0, 0.1) is 0 Å². The van der Waals surface area contributed by atoms with Crippen molar-refractivity contribution in [1.29, 1.82) is 0 Å². The SMILES string of the molecule is C1=COC=C2Nc3ccccc3N2C1. The lowest BCUT2D eigenvalue weighted by Gasteiger charge is -2.15. The zero-order chi connectivity index (χ0) is 9.38. The molecule has 0 radical (unpaired) electrons. The van der Waals surface area contributed by atoms with Crippen molar-refractivity contribution in [2.24, 2.45) is 0 Å². The molecule has 1 aromatic carbocycles. The summed E-state index contributed by atoms with van der Waals surface area (Å²) in [7, 11) is 0. The van der Waals surface area contributed by atoms with Gasteiger partial charge in [-0.2, -0.15) is 0 Å². The number of rotatable bonds is 0. The van der Waals surface area contributed by atoms with Crippen molar-refractivity contribution in [2.45, 2.75) is 0 Å². The molecule has 3 nitrogen and oxygen atoms in total. The van der Waals surface area contributed by atoms with Crippen LogP contribution in [0.1, 0.15) is 0 Å². The van der Waals surface area contributed by atoms with Gasteiger partial charge in [0.1, 0.15) is 12.1 Å². The molecule has 2 aliphatic rings. The van der Waals surface area contributed by atoms with E-state index in [0.29, 0.717) is 0 Å². The molecule has 2 aliphatic heterocycles. The number of para-hydroxylation sites is 2. The van der Waals surface area contributed by atoms with Crippen LogP contribution in [0.2, 0.25) is 0 Å². The summed E-state index contributed by atoms with van der Waals surface area (Å²) in [6.45, 7) is 0.843. The van der Waals surface area contributed by atoms with Crippen LogP contribution in [0.3, 0.4) is 0 Å². The molecule has 0 amide bonds. The molecule has 0 atom stereocenters. The summed E-state index contributed by atoms with van der Waals surface area (Å²) < 4.78 is 5.19. The van der Waals surface area contributed by atoms with E-state index in [2.05, 4.69) is 22.3 Å². The molecule has 2 heterocycles. The Kier molecular flexibility index (Phi) is 1.50. The molecule has 0 fully saturated rings. The highest BCUT2D eigenvalue weighted by molar-refractivity contribution is 5.80. The maximum absolute atomic E-state index is 5.19. The summed E-state index contributed by atoms with van der Waals surface area (Å²) in [5.41, 5.74) is 2.34. The first-order valence-corrected chi connectivity index (χ1v) is 4.59. The van der Waals surface area contributed by atoms with E-state index < -0.39 is 0 Å². The highest BCUT2D eigenvalue weighted by atomic mass is 16.5. The van der Waals surface area contributed by atoms with Crippen molar-refractivity contribution in [2.75, 3.05) is 16.8 Å². The average molecular weight is 186 g/mol. The first-order valence-electron chi connectivity index (χ1n) is 4.59. The molecular weight excluding hydrogens is 176 g/mol. The Bertz CT molecular complexity index is 423. The number of benzene rings is 1. The van der Waals surface area contributed by atoms with E-state index in [1.165, 1.54) is 5.69 Å². The molecular formula is C11H10N2O. The fourth-order valence-electron chi connectivity index (χ4n) is 1.75. The maximum Gasteiger partial charge on any atom is 0.147 e. The fraction of sp³-hybridized carbons (Fsp3) is 0.0909. The molecule has 1 N–H and O–H groups in total. The van der Waals surface area contributed by atoms with E-state index in [0.717, 1.165) is 18.1 Å². The molecule has 3 rings (SSSR count). The van der Waals surface area contributed by atoms with E-state index in [4.69, 9.17) is 4.74 Å². The highest BCUT2D eigenvalue weighted by Crippen LogP contribution is 2.36. The molecule has 1 aromatic rings. The lowest BCUT2D eigenvalue weighted by molar-refractivity contribution is 0.400. The molecule has 0 spiro atoms. The molecule has 0 aliphatic carbocycles. The Balaban J connectivity index is 2.09. The van der Waals surface area contributed by atoms with Crippen LogP contribution in [0.5, 0.6) is 0 Å². The average Bonchev–Trinajstić information content (AvgIpc) is 2.42. The largest absolute Gasteiger partial charge is 0.469 e. The third kappa shape index (κ3) is 0.988. The van der Waals surface area contributed by atoms with Crippen molar-refractivity contribution in [3.63, 3.8) is 0 Å². The number of hydrogen-bond acceptors (Lipinski definition) is 3. The summed E-state index contributed by atoms with van der Waals surface area (Å²) in [6, 6.07) is 8.23. The van der Waals surface area contributed by atoms with E-state index >= 15 is 0 Å². The van der Waals surface area contributed by atoms with Crippen LogP contribution in [0.4, 0.5) is 11.4 Å². The standard InChI is InChI=1S/C11H10N2O/c1-2-5-10-9(4-1)12-11-8-14-7-3-6-13(10)11/h1-5,7-8,12H,6H2. The van der Waals surface area contributed by atoms with E-state index in [-0.39, 0.29) is 0 Å². The molecule has 0 unspecified atom stereocenters. The molecule has 0 saturated heterocycles. The third-order valence-corrected chi connectivity index (χ3v) is 2.39. The predicted molar refractivity (Wildman–Crippen MR) is 55.7 cm³/mol. The monoisotopic (exact) mass is 186 g/mol. The molecule has 70 valence electrons. The van der Waals surface area contributed by atoms with Crippen molar-refractivity contribution < 1.29 is 4.74 Å². The van der Waals surface area contributed by atoms with Gasteiger partial charge in [-0.3, -0.25) is 0 Å². The molecule has 3 heteroatoms. The second-order valence-corrected chi connectivity index (χ2v) is 3.26. The molecule has 0 saturated carbocycles. The van der Waals surface area contributed by atoms with Crippen molar-refractivity contribution in [1.82, 2.24) is 0 Å². The fourth-order valence-corrected chi connectivity index (χ4v) is 1.75. The Morgan fingerprint density at radius 3 is 3.21 bits per heavy atom. The van der Waals surface area contributed by atoms with Crippen molar-refractivity contribution >= 4 is 11.4 Å². The summed E-state index contributed by atoms with van der Waals surface area (Å²) in [6.07, 6.45) is 5.42. The van der Waals surface area contributed by atoms with Crippen LogP contribution < -0.4 is 10.2 Å². The number of nitrogens with one attached hydrogen (secondary N) is 1. The number of fused-ring (bicyclic) bond motifs is 3. The van der Waals surface area contributed by atoms with Gasteiger partial charge in [-0.1, -0.05) is 12.1 Å². The first kappa shape index (κ1) is 7.50. The Labute approximate surface area is 82.3 Å². The van der Waals surface area contributed by atoms with Crippen LogP contribution >= 0.6 is 0 Å². The van der Waals surface area contributed by atoms with Gasteiger partial charge in [-0.05, 0) is 18.2 Å². The minimum Gasteiger partial charge on any atom is -0.469 e. The Hall–Kier alpha value is -1.90. The highest BCUT2D eigenvalue weighted by Gasteiger charge is 2.23. The van der Waals surface area contributed by atoms with Gasteiger partial charge in [0.05, 0.1) is 17.6 Å². The van der Waals surface area contributed by atoms with Crippen LogP contribution in [-0.2, 0) is 4.74 Å². The molecule has 0 aromatic heterocycles. The van der Waals surface area contributed by atoms with Crippen molar-refractivity contribution in [3.05, 3.63) is 48.7 Å². The second-order valence-electron chi connectivity index (χ2n) is 3.26. The van der Waals surface area contributed by atoms with E-state index in [1.807, 2.05) is 18.2 Å². The predicted octanol–water partition coefficient (Wildman–Crippen LogP) is 2.26. The van der Waals surface area contributed by atoms with Gasteiger partial charge in [-0.25, -0.2) is 0 Å². The van der Waals surface area contributed by atoms with Crippen LogP contribution in [0.25, 0.3) is 0 Å². The quantitative estimate of drug-likeness (QED) is 0.672. The zero-order valence-corrected chi connectivity index (χ0v) is 7.60. The maximum atomic E-state index is 5.19. The minimum absolute atomic E-state index is 0.843. The number of anilines is 2. The smallest absolute Gasteiger partial charge is 0.147 e. The summed E-state index contributed by atoms with van der Waals surface area (Å²) in [4.78, 5) is 2.18. The summed E-state index contributed by atoms with van der Waals surface area (Å²) >= 11 is 0. The van der Waals surface area contributed by atoms with Crippen LogP contribution in [0.15, 0.2) is 48.7 Å². The third-order valence-electron chi connectivity index (χ3n) is 2.39. The number of hydrogen-bond donors (Lipinski definition) is 1. The van der Waals surface area contributed by atoms with Gasteiger partial charge in [0, 0.05) is 6.54 Å². The van der Waals surface area contributed by atoms with Gasteiger partial charge >= 0.3 is 0 Å². The summed E-state index contributed by atoms with van der Waals surface area (Å²) in [5, 5.41) is 3.30. The number of nitrogens with zero attached hydrogens (tertiary/aromatic N) is 1. The second kappa shape index (κ2) is 2.80. The summed E-state index contributed by atoms with van der Waals surface area (Å²) in [5.74, 6) is 0.996. The number of ether oxygens (including phenoxy) is 1. The van der Waals surface area contributed by atoms with Gasteiger partial charge in [0.15, 0.2) is 0 Å². The Morgan fingerprint density at radius 2 is 2.21 bits per heavy atom. The van der Waals surface area contributed by atoms with Gasteiger partial charge in [-0.15, -0.1) is 0 Å². The topological polar surface area (TPSA) is 24.5 Å². The van der Waals surface area contributed by atoms with Gasteiger partial charge in [0.2, 0.25) is 0 Å². The van der Waals surface area contributed by atoms with E-state index in [1.54, 1.807) is 12.5 Å². The lowest BCUT2D eigenvalue weighted by Crippen LogP contribution is -2.19. The van der Waals surface area contributed by atoms with Gasteiger partial charge in [0.25, 0.3) is 0 Å². The van der Waals surface area contributed by atoms with Gasteiger partial charge < -0.3 is 15.0 Å². The first-order chi connectivity index (χ1) is 6.95. The van der Waals surface area contributed by atoms with Crippen LogP contribution in [-0.4, -0.2) is 6.54 Å². The Morgan fingerprint density at radius 1 is 1.29 bits per heavy atom. The normalized spacial score (nSPS) is 17.4. The van der Waals surface area contributed by atoms with E-state index in [9.17, 15) is 0 Å². The minimum atomic E-state index is 0.843. The molecule has 14 heavy (non-hydrogen) atoms. The zero-order valence-electron chi connectivity index (χ0n) is 7.60.